The first-order valence-electron chi connectivity index (χ1n) is 7.53. The maximum atomic E-state index is 7.57. The van der Waals surface area contributed by atoms with E-state index in [1.807, 2.05) is 0 Å². The van der Waals surface area contributed by atoms with Crippen molar-refractivity contribution in [1.29, 1.82) is 0 Å². The smallest absolute Gasteiger partial charge is 0.191 e. The Morgan fingerprint density at radius 3 is 2.05 bits per heavy atom. The molecule has 20 heavy (non-hydrogen) atoms. The third kappa shape index (κ3) is 7.83. The van der Waals surface area contributed by atoms with Crippen LogP contribution in [0.1, 0.15) is 39.7 Å². The molecule has 0 radical (unpaired) electrons. The van der Waals surface area contributed by atoms with Crippen LogP contribution in [-0.4, -0.2) is 26.6 Å². The van der Waals surface area contributed by atoms with E-state index in [4.69, 9.17) is 9.53 Å². The van der Waals surface area contributed by atoms with Crippen LogP contribution in [0.25, 0.3) is 0 Å². The molecule has 0 saturated heterocycles. The third-order valence-electron chi connectivity index (χ3n) is 3.72. The summed E-state index contributed by atoms with van der Waals surface area (Å²) in [5.74, 6) is 0. The van der Waals surface area contributed by atoms with Crippen LogP contribution in [0.2, 0.25) is 18.1 Å². The van der Waals surface area contributed by atoms with Crippen LogP contribution in [0.5, 0.6) is 0 Å². The Bertz CT molecular complexity index is 342. The molecule has 0 fully saturated rings. The van der Waals surface area contributed by atoms with Gasteiger partial charge >= 0.3 is 0 Å². The second-order valence-electron chi connectivity index (χ2n) is 6.51. The molecule has 3 heteroatoms. The van der Waals surface area contributed by atoms with Crippen molar-refractivity contribution in [3.8, 4) is 0 Å². The van der Waals surface area contributed by atoms with E-state index in [9.17, 15) is 0 Å². The molecule has 2 nitrogen and oxygen atoms in total. The van der Waals surface area contributed by atoms with Crippen molar-refractivity contribution in [2.24, 2.45) is 0 Å². The number of aliphatic hydroxyl groups is 1. The SMILES string of the molecule is CC(C)(C)[Si](C)(C)OCCCc1ccccc1.CCO. The van der Waals surface area contributed by atoms with Gasteiger partial charge in [0.2, 0.25) is 0 Å². The average molecular weight is 297 g/mol. The van der Waals surface area contributed by atoms with Gasteiger partial charge in [0.05, 0.1) is 0 Å². The van der Waals surface area contributed by atoms with Gasteiger partial charge in [0.1, 0.15) is 0 Å². The Kier molecular flexibility index (Phi) is 9.02. The highest BCUT2D eigenvalue weighted by Gasteiger charge is 2.36. The van der Waals surface area contributed by atoms with Crippen molar-refractivity contribution < 1.29 is 9.53 Å². The number of rotatable bonds is 5. The maximum absolute atomic E-state index is 7.57. The Balaban J connectivity index is 0.00000110. The zero-order chi connectivity index (χ0) is 15.6. The lowest BCUT2D eigenvalue weighted by Crippen LogP contribution is -2.41. The van der Waals surface area contributed by atoms with E-state index in [-0.39, 0.29) is 6.61 Å². The van der Waals surface area contributed by atoms with Crippen LogP contribution in [0.15, 0.2) is 30.3 Å². The van der Waals surface area contributed by atoms with Gasteiger partial charge in [-0.2, -0.15) is 0 Å². The molecule has 0 saturated carbocycles. The van der Waals surface area contributed by atoms with Gasteiger partial charge in [-0.05, 0) is 43.5 Å². The maximum Gasteiger partial charge on any atom is 0.191 e. The van der Waals surface area contributed by atoms with Gasteiger partial charge in [0.25, 0.3) is 0 Å². The van der Waals surface area contributed by atoms with Crippen LogP contribution < -0.4 is 0 Å². The first kappa shape index (κ1) is 19.4. The summed E-state index contributed by atoms with van der Waals surface area (Å²) in [6, 6.07) is 10.6. The Hall–Kier alpha value is -0.643. The second kappa shape index (κ2) is 9.32. The zero-order valence-corrected chi connectivity index (χ0v) is 15.1. The van der Waals surface area contributed by atoms with Gasteiger partial charge in [0, 0.05) is 13.2 Å². The predicted octanol–water partition coefficient (Wildman–Crippen LogP) is 4.64. The lowest BCUT2D eigenvalue weighted by atomic mass is 10.1. The highest BCUT2D eigenvalue weighted by atomic mass is 28.4. The first-order valence-corrected chi connectivity index (χ1v) is 10.4. The number of hydrogen-bond donors (Lipinski definition) is 1. The third-order valence-corrected chi connectivity index (χ3v) is 8.26. The van der Waals surface area contributed by atoms with Crippen molar-refractivity contribution in [3.05, 3.63) is 35.9 Å². The summed E-state index contributed by atoms with van der Waals surface area (Å²) in [6.45, 7) is 14.3. The molecule has 0 aliphatic rings. The molecule has 0 aliphatic carbocycles. The number of aliphatic hydroxyl groups excluding tert-OH is 1. The molecule has 116 valence electrons. The number of hydrogen-bond acceptors (Lipinski definition) is 2. The van der Waals surface area contributed by atoms with Crippen LogP contribution in [-0.2, 0) is 10.8 Å². The molecular formula is C17H32O2Si. The zero-order valence-electron chi connectivity index (χ0n) is 14.1. The van der Waals surface area contributed by atoms with Crippen molar-refractivity contribution in [1.82, 2.24) is 0 Å². The second-order valence-corrected chi connectivity index (χ2v) is 11.3. The monoisotopic (exact) mass is 296 g/mol. The molecule has 0 bridgehead atoms. The summed E-state index contributed by atoms with van der Waals surface area (Å²) >= 11 is 0. The van der Waals surface area contributed by atoms with Crippen LogP contribution in [0, 0.1) is 0 Å². The molecule has 0 amide bonds. The summed E-state index contributed by atoms with van der Waals surface area (Å²) in [6.07, 6.45) is 2.24. The topological polar surface area (TPSA) is 29.5 Å². The fraction of sp³-hybridized carbons (Fsp3) is 0.647. The van der Waals surface area contributed by atoms with Crippen molar-refractivity contribution in [2.45, 2.75) is 58.7 Å². The molecule has 1 rings (SSSR count). The predicted molar refractivity (Wildman–Crippen MR) is 90.7 cm³/mol. The van der Waals surface area contributed by atoms with Crippen LogP contribution >= 0.6 is 0 Å². The summed E-state index contributed by atoms with van der Waals surface area (Å²) in [5, 5.41) is 7.89. The molecule has 1 N–H and O–H groups in total. The highest BCUT2D eigenvalue weighted by Crippen LogP contribution is 2.36. The molecular weight excluding hydrogens is 264 g/mol. The van der Waals surface area contributed by atoms with Crippen LogP contribution in [0.4, 0.5) is 0 Å². The molecule has 0 aliphatic heterocycles. The summed E-state index contributed by atoms with van der Waals surface area (Å²) in [7, 11) is -1.54. The standard InChI is InChI=1S/C15H26OSi.C2H6O/c1-15(2,3)17(4,5)16-13-9-12-14-10-7-6-8-11-14;1-2-3/h6-8,10-11H,9,12-13H2,1-5H3;3H,2H2,1H3. The number of benzene rings is 1. The Morgan fingerprint density at radius 2 is 1.60 bits per heavy atom. The fourth-order valence-corrected chi connectivity index (χ4v) is 2.55. The highest BCUT2D eigenvalue weighted by molar-refractivity contribution is 6.74. The van der Waals surface area contributed by atoms with Crippen molar-refractivity contribution >= 4 is 8.32 Å². The minimum atomic E-state index is -1.54. The van der Waals surface area contributed by atoms with Gasteiger partial charge in [-0.3, -0.25) is 0 Å². The van der Waals surface area contributed by atoms with Gasteiger partial charge in [-0.1, -0.05) is 51.1 Å². The van der Waals surface area contributed by atoms with E-state index in [0.717, 1.165) is 19.4 Å². The van der Waals surface area contributed by atoms with Crippen LogP contribution in [0.3, 0.4) is 0 Å². The van der Waals surface area contributed by atoms with Crippen molar-refractivity contribution in [3.63, 3.8) is 0 Å². The van der Waals surface area contributed by atoms with E-state index >= 15 is 0 Å². The van der Waals surface area contributed by atoms with E-state index < -0.39 is 8.32 Å². The molecule has 1 aromatic carbocycles. The van der Waals surface area contributed by atoms with E-state index in [2.05, 4.69) is 64.2 Å². The average Bonchev–Trinajstić information content (AvgIpc) is 2.35. The molecule has 0 spiro atoms. The molecule has 1 aromatic rings. The van der Waals surface area contributed by atoms with E-state index in [1.165, 1.54) is 5.56 Å². The van der Waals surface area contributed by atoms with Crippen molar-refractivity contribution in [2.75, 3.05) is 13.2 Å². The van der Waals surface area contributed by atoms with Gasteiger partial charge < -0.3 is 9.53 Å². The lowest BCUT2D eigenvalue weighted by Gasteiger charge is -2.36. The summed E-state index contributed by atoms with van der Waals surface area (Å²) < 4.78 is 6.15. The van der Waals surface area contributed by atoms with Gasteiger partial charge in [-0.25, -0.2) is 0 Å². The first-order chi connectivity index (χ1) is 9.24. The van der Waals surface area contributed by atoms with Gasteiger partial charge in [0.15, 0.2) is 8.32 Å². The fourth-order valence-electron chi connectivity index (χ4n) is 1.46. The molecule has 0 aromatic heterocycles. The normalized spacial score (nSPS) is 11.8. The molecule has 0 unspecified atom stereocenters. The largest absolute Gasteiger partial charge is 0.417 e. The number of aryl methyl sites for hydroxylation is 1. The Morgan fingerprint density at radius 1 is 1.10 bits per heavy atom. The summed E-state index contributed by atoms with van der Waals surface area (Å²) in [5.41, 5.74) is 1.41. The Labute approximate surface area is 126 Å². The molecule has 0 atom stereocenters. The lowest BCUT2D eigenvalue weighted by molar-refractivity contribution is 0.282. The summed E-state index contributed by atoms with van der Waals surface area (Å²) in [4.78, 5) is 0. The van der Waals surface area contributed by atoms with E-state index in [1.54, 1.807) is 6.92 Å². The minimum Gasteiger partial charge on any atom is -0.417 e. The van der Waals surface area contributed by atoms with Gasteiger partial charge in [-0.15, -0.1) is 0 Å². The minimum absolute atomic E-state index is 0.250. The van der Waals surface area contributed by atoms with E-state index in [0.29, 0.717) is 5.04 Å². The molecule has 0 heterocycles. The quantitative estimate of drug-likeness (QED) is 0.633.